The zero-order valence-corrected chi connectivity index (χ0v) is 15.2. The number of ether oxygens (including phenoxy) is 1. The van der Waals surface area contributed by atoms with Crippen LogP contribution < -0.4 is 10.2 Å². The van der Waals surface area contributed by atoms with Gasteiger partial charge in [0.1, 0.15) is 5.75 Å². The predicted octanol–water partition coefficient (Wildman–Crippen LogP) is 4.39. The summed E-state index contributed by atoms with van der Waals surface area (Å²) in [7, 11) is 0. The van der Waals surface area contributed by atoms with Gasteiger partial charge in [0.15, 0.2) is 6.61 Å². The summed E-state index contributed by atoms with van der Waals surface area (Å²) in [6.07, 6.45) is 0. The number of thiophene rings is 1. The summed E-state index contributed by atoms with van der Waals surface area (Å²) in [4.78, 5) is 12.7. The van der Waals surface area contributed by atoms with Crippen LogP contribution in [0.2, 0.25) is 5.02 Å². The van der Waals surface area contributed by atoms with E-state index in [1.165, 1.54) is 0 Å². The van der Waals surface area contributed by atoms with E-state index in [2.05, 4.69) is 26.5 Å². The van der Waals surface area contributed by atoms with Crippen molar-refractivity contribution in [3.63, 3.8) is 0 Å². The highest BCUT2D eigenvalue weighted by Gasteiger charge is 2.06. The van der Waals surface area contributed by atoms with E-state index >= 15 is 0 Å². The number of carbonyl (C=O) groups is 1. The van der Waals surface area contributed by atoms with Crippen LogP contribution >= 0.6 is 38.9 Å². The van der Waals surface area contributed by atoms with E-state index in [0.29, 0.717) is 10.8 Å². The maximum atomic E-state index is 11.8. The Balaban J connectivity index is 1.88. The van der Waals surface area contributed by atoms with Crippen LogP contribution in [0.1, 0.15) is 17.4 Å². The largest absolute Gasteiger partial charge is 0.483 e. The van der Waals surface area contributed by atoms with Gasteiger partial charge in [0, 0.05) is 5.02 Å². The zero-order chi connectivity index (χ0) is 16.1. The number of hydrogen-bond acceptors (Lipinski definition) is 4. The third-order valence-corrected chi connectivity index (χ3v) is 4.74. The Labute approximate surface area is 146 Å². The van der Waals surface area contributed by atoms with E-state index in [-0.39, 0.29) is 12.5 Å². The molecule has 1 aromatic carbocycles. The van der Waals surface area contributed by atoms with Gasteiger partial charge in [-0.3, -0.25) is 4.79 Å². The topological polar surface area (TPSA) is 50.7 Å². The van der Waals surface area contributed by atoms with Gasteiger partial charge >= 0.3 is 0 Å². The van der Waals surface area contributed by atoms with Gasteiger partial charge in [-0.2, -0.15) is 5.10 Å². The lowest BCUT2D eigenvalue weighted by Crippen LogP contribution is -2.25. The van der Waals surface area contributed by atoms with Gasteiger partial charge in [0.25, 0.3) is 5.91 Å². The highest BCUT2D eigenvalue weighted by Crippen LogP contribution is 2.23. The zero-order valence-electron chi connectivity index (χ0n) is 12.0. The van der Waals surface area contributed by atoms with Crippen molar-refractivity contribution in [2.75, 3.05) is 6.61 Å². The Morgan fingerprint density at radius 3 is 2.82 bits per heavy atom. The number of carbonyl (C=O) groups excluding carboxylic acids is 1. The Morgan fingerprint density at radius 1 is 1.41 bits per heavy atom. The number of halogens is 2. The smallest absolute Gasteiger partial charge is 0.277 e. The van der Waals surface area contributed by atoms with Crippen molar-refractivity contribution in [3.05, 3.63) is 49.6 Å². The van der Waals surface area contributed by atoms with Gasteiger partial charge in [-0.05, 0) is 65.7 Å². The van der Waals surface area contributed by atoms with Crippen LogP contribution in [0, 0.1) is 6.92 Å². The summed E-state index contributed by atoms with van der Waals surface area (Å²) in [6, 6.07) is 9.12. The van der Waals surface area contributed by atoms with Gasteiger partial charge in [-0.25, -0.2) is 5.43 Å². The highest BCUT2D eigenvalue weighted by atomic mass is 79.9. The van der Waals surface area contributed by atoms with Crippen molar-refractivity contribution in [1.82, 2.24) is 5.43 Å². The van der Waals surface area contributed by atoms with Crippen LogP contribution in [0.4, 0.5) is 0 Å². The second-order valence-electron chi connectivity index (χ2n) is 4.53. The summed E-state index contributed by atoms with van der Waals surface area (Å²) in [5.74, 6) is 0.312. The SMILES string of the molecule is C/C(=N/NC(=O)COc1ccc(Cl)cc1C)c1ccc(Br)s1. The van der Waals surface area contributed by atoms with Crippen molar-refractivity contribution < 1.29 is 9.53 Å². The van der Waals surface area contributed by atoms with E-state index in [1.54, 1.807) is 29.5 Å². The molecule has 2 aromatic rings. The molecule has 22 heavy (non-hydrogen) atoms. The van der Waals surface area contributed by atoms with E-state index < -0.39 is 0 Å². The standard InChI is InChI=1S/C15H14BrClN2O2S/c1-9-7-11(17)3-4-12(9)21-8-15(20)19-18-10(2)13-5-6-14(16)22-13/h3-7H,8H2,1-2H3,(H,19,20)/b18-10-. The van der Waals surface area contributed by atoms with E-state index in [0.717, 1.165) is 19.9 Å². The minimum absolute atomic E-state index is 0.104. The average molecular weight is 402 g/mol. The molecule has 2 rings (SSSR count). The molecule has 0 spiro atoms. The first-order chi connectivity index (χ1) is 10.5. The maximum absolute atomic E-state index is 11.8. The number of benzene rings is 1. The second-order valence-corrected chi connectivity index (χ2v) is 7.43. The molecule has 0 fully saturated rings. The van der Waals surface area contributed by atoms with Crippen molar-refractivity contribution in [1.29, 1.82) is 0 Å². The monoisotopic (exact) mass is 400 g/mol. The Hall–Kier alpha value is -1.37. The molecule has 0 saturated heterocycles. The fourth-order valence-electron chi connectivity index (χ4n) is 1.66. The maximum Gasteiger partial charge on any atom is 0.277 e. The van der Waals surface area contributed by atoms with Gasteiger partial charge < -0.3 is 4.74 Å². The van der Waals surface area contributed by atoms with Crippen LogP contribution in [0.5, 0.6) is 5.75 Å². The molecule has 116 valence electrons. The Morgan fingerprint density at radius 2 is 2.18 bits per heavy atom. The summed E-state index contributed by atoms with van der Waals surface area (Å²) in [5.41, 5.74) is 4.10. The molecule has 1 N–H and O–H groups in total. The van der Waals surface area contributed by atoms with Crippen molar-refractivity contribution >= 4 is 50.5 Å². The number of nitrogens with one attached hydrogen (secondary N) is 1. The highest BCUT2D eigenvalue weighted by molar-refractivity contribution is 9.11. The van der Waals surface area contributed by atoms with E-state index in [9.17, 15) is 4.79 Å². The number of nitrogens with zero attached hydrogens (tertiary/aromatic N) is 1. The van der Waals surface area contributed by atoms with Gasteiger partial charge in [0.2, 0.25) is 0 Å². The molecule has 0 aliphatic rings. The minimum Gasteiger partial charge on any atom is -0.483 e. The van der Waals surface area contributed by atoms with Crippen LogP contribution in [0.15, 0.2) is 39.2 Å². The summed E-state index contributed by atoms with van der Waals surface area (Å²) < 4.78 is 6.47. The molecule has 1 heterocycles. The van der Waals surface area contributed by atoms with Gasteiger partial charge in [-0.1, -0.05) is 11.6 Å². The van der Waals surface area contributed by atoms with Crippen LogP contribution in [0.25, 0.3) is 0 Å². The molecule has 0 bridgehead atoms. The molecular weight excluding hydrogens is 388 g/mol. The molecule has 0 unspecified atom stereocenters. The summed E-state index contributed by atoms with van der Waals surface area (Å²) in [6.45, 7) is 3.60. The number of hydrogen-bond donors (Lipinski definition) is 1. The number of rotatable bonds is 5. The van der Waals surface area contributed by atoms with Crippen molar-refractivity contribution in [2.24, 2.45) is 5.10 Å². The Kier molecular flexibility index (Phi) is 5.99. The van der Waals surface area contributed by atoms with E-state index in [4.69, 9.17) is 16.3 Å². The normalized spacial score (nSPS) is 11.4. The first kappa shape index (κ1) is 17.0. The first-order valence-electron chi connectivity index (χ1n) is 6.43. The second kappa shape index (κ2) is 7.76. The van der Waals surface area contributed by atoms with Crippen LogP contribution in [-0.2, 0) is 4.79 Å². The van der Waals surface area contributed by atoms with Gasteiger partial charge in [-0.15, -0.1) is 11.3 Å². The molecular formula is C15H14BrClN2O2S. The van der Waals surface area contributed by atoms with Gasteiger partial charge in [0.05, 0.1) is 14.4 Å². The van der Waals surface area contributed by atoms with E-state index in [1.807, 2.05) is 26.0 Å². The fraction of sp³-hybridized carbons (Fsp3) is 0.200. The molecule has 4 nitrogen and oxygen atoms in total. The van der Waals surface area contributed by atoms with Crippen LogP contribution in [0.3, 0.4) is 0 Å². The molecule has 1 amide bonds. The van der Waals surface area contributed by atoms with Crippen molar-refractivity contribution in [3.8, 4) is 5.75 Å². The number of aryl methyl sites for hydroxylation is 1. The third kappa shape index (κ3) is 4.83. The lowest BCUT2D eigenvalue weighted by Gasteiger charge is -2.08. The molecule has 0 aliphatic heterocycles. The fourth-order valence-corrected chi connectivity index (χ4v) is 3.22. The number of hydrazone groups is 1. The minimum atomic E-state index is -0.315. The number of amides is 1. The predicted molar refractivity (Wildman–Crippen MR) is 94.1 cm³/mol. The quantitative estimate of drug-likeness (QED) is 0.596. The molecule has 1 aromatic heterocycles. The summed E-state index contributed by atoms with van der Waals surface area (Å²) >= 11 is 10.8. The molecule has 0 radical (unpaired) electrons. The lowest BCUT2D eigenvalue weighted by atomic mass is 10.2. The Bertz CT molecular complexity index is 715. The van der Waals surface area contributed by atoms with Crippen LogP contribution in [-0.4, -0.2) is 18.2 Å². The molecule has 7 heteroatoms. The first-order valence-corrected chi connectivity index (χ1v) is 8.42. The molecule has 0 saturated carbocycles. The third-order valence-electron chi connectivity index (χ3n) is 2.77. The molecule has 0 atom stereocenters. The summed E-state index contributed by atoms with van der Waals surface area (Å²) in [5, 5.41) is 4.70. The molecule has 0 aliphatic carbocycles. The van der Waals surface area contributed by atoms with Crippen molar-refractivity contribution in [2.45, 2.75) is 13.8 Å². The lowest BCUT2D eigenvalue weighted by molar-refractivity contribution is -0.123. The average Bonchev–Trinajstić information content (AvgIpc) is 2.90.